The van der Waals surface area contributed by atoms with Gasteiger partial charge in [-0.2, -0.15) is 0 Å². The Morgan fingerprint density at radius 2 is 1.40 bits per heavy atom. The monoisotopic (exact) mass is 666 g/mol. The summed E-state index contributed by atoms with van der Waals surface area (Å²) in [5, 5.41) is 18.9. The zero-order chi connectivity index (χ0) is 35.7. The van der Waals surface area contributed by atoms with Gasteiger partial charge in [-0.3, -0.25) is 38.6 Å². The van der Waals surface area contributed by atoms with Crippen molar-refractivity contribution in [3.8, 4) is 0 Å². The summed E-state index contributed by atoms with van der Waals surface area (Å²) in [6.45, 7) is 3.43. The highest BCUT2D eigenvalue weighted by molar-refractivity contribution is 5.96. The Labute approximate surface area is 270 Å². The predicted octanol–water partition coefficient (Wildman–Crippen LogP) is -4.46. The normalized spacial score (nSPS) is 14.0. The maximum atomic E-state index is 13.5. The molecule has 0 fully saturated rings. The number of rotatable bonds is 22. The minimum Gasteiger partial charge on any atom is -0.481 e. The second-order valence-electron chi connectivity index (χ2n) is 11.1. The van der Waals surface area contributed by atoms with E-state index in [9.17, 15) is 33.6 Å². The van der Waals surface area contributed by atoms with Crippen molar-refractivity contribution in [1.29, 1.82) is 0 Å². The molecule has 0 unspecified atom stereocenters. The molecule has 0 aliphatic carbocycles. The fraction of sp³-hybridized carbons (Fsp3) is 0.593. The smallest absolute Gasteiger partial charge is 0.303 e. The number of hydrogen-bond donors (Lipinski definition) is 11. The molecule has 5 atom stereocenters. The van der Waals surface area contributed by atoms with E-state index in [4.69, 9.17) is 33.8 Å². The highest BCUT2D eigenvalue weighted by atomic mass is 16.4. The first-order chi connectivity index (χ1) is 22.0. The van der Waals surface area contributed by atoms with Crippen molar-refractivity contribution in [3.05, 3.63) is 18.2 Å². The number of aliphatic imine (C=N–C) groups is 1. The van der Waals surface area contributed by atoms with E-state index < -0.39 is 71.6 Å². The van der Waals surface area contributed by atoms with Gasteiger partial charge in [0.25, 0.3) is 0 Å². The van der Waals surface area contributed by atoms with Gasteiger partial charge in [0.1, 0.15) is 24.2 Å². The van der Waals surface area contributed by atoms with E-state index in [0.29, 0.717) is 5.69 Å². The summed E-state index contributed by atoms with van der Waals surface area (Å²) in [6, 6.07) is -6.33. The van der Waals surface area contributed by atoms with Gasteiger partial charge in [-0.25, -0.2) is 4.98 Å². The van der Waals surface area contributed by atoms with Gasteiger partial charge in [0.15, 0.2) is 5.96 Å². The van der Waals surface area contributed by atoms with Crippen LogP contribution in [0, 0.1) is 5.92 Å². The Kier molecular flexibility index (Phi) is 16.9. The molecule has 0 aliphatic heterocycles. The summed E-state index contributed by atoms with van der Waals surface area (Å²) < 4.78 is 0. The third kappa shape index (κ3) is 15.5. The van der Waals surface area contributed by atoms with E-state index in [2.05, 4.69) is 36.2 Å². The van der Waals surface area contributed by atoms with Gasteiger partial charge in [0.05, 0.1) is 12.4 Å². The Balaban J connectivity index is 3.26. The number of H-pyrrole nitrogens is 1. The quantitative estimate of drug-likeness (QED) is 0.0317. The number of primary amides is 2. The average molecular weight is 667 g/mol. The van der Waals surface area contributed by atoms with Crippen LogP contribution in [0.5, 0.6) is 0 Å². The first kappa shape index (κ1) is 39.8. The maximum absolute atomic E-state index is 13.5. The number of hydrogen-bond acceptors (Lipinski definition) is 10. The molecule has 6 amide bonds. The van der Waals surface area contributed by atoms with Crippen molar-refractivity contribution < 1.29 is 38.7 Å². The molecular formula is C27H46N12O8. The third-order valence-electron chi connectivity index (χ3n) is 6.78. The van der Waals surface area contributed by atoms with E-state index in [1.54, 1.807) is 13.8 Å². The molecule has 0 radical (unpaired) electrons. The molecule has 20 heteroatoms. The molecule has 47 heavy (non-hydrogen) atoms. The molecule has 0 spiro atoms. The van der Waals surface area contributed by atoms with E-state index >= 15 is 0 Å². The van der Waals surface area contributed by atoms with Gasteiger partial charge < -0.3 is 60.0 Å². The first-order valence-corrected chi connectivity index (χ1v) is 14.8. The number of carbonyl (C=O) groups is 7. The largest absolute Gasteiger partial charge is 0.481 e. The molecule has 0 saturated heterocycles. The number of carbonyl (C=O) groups excluding carboxylic acids is 6. The SMILES string of the molecule is CC(C)[C@H](NC(=O)[C@H](CCCN=C(N)N)NC(=O)[C@H](CCC(N)=O)NC(=O)[C@H](Cc1cnc[nH]1)NC(=O)[C@@H](N)CCC(=O)O)C(N)=O. The minimum atomic E-state index is -1.43. The number of aromatic amines is 1. The van der Waals surface area contributed by atoms with Crippen LogP contribution < -0.4 is 49.9 Å². The van der Waals surface area contributed by atoms with E-state index in [0.717, 1.165) is 0 Å². The third-order valence-corrected chi connectivity index (χ3v) is 6.78. The number of carboxylic acids is 1. The zero-order valence-electron chi connectivity index (χ0n) is 26.4. The van der Waals surface area contributed by atoms with E-state index in [1.807, 2.05) is 0 Å². The van der Waals surface area contributed by atoms with Gasteiger partial charge in [0, 0.05) is 37.7 Å². The van der Waals surface area contributed by atoms with Crippen LogP contribution in [0.1, 0.15) is 58.1 Å². The van der Waals surface area contributed by atoms with Crippen LogP contribution in [-0.4, -0.2) is 99.2 Å². The Morgan fingerprint density at radius 3 is 1.91 bits per heavy atom. The molecule has 20 nitrogen and oxygen atoms in total. The van der Waals surface area contributed by atoms with Gasteiger partial charge in [-0.15, -0.1) is 0 Å². The zero-order valence-corrected chi connectivity index (χ0v) is 26.4. The van der Waals surface area contributed by atoms with Crippen molar-refractivity contribution in [2.75, 3.05) is 6.54 Å². The standard InChI is InChI=1S/C27H46N12O8/c1-13(2)21(22(30)43)39-25(46)16(4-3-9-34-27(31)32)36-24(45)17(6-7-19(29)40)37-26(47)18(10-14-11-33-12-35-14)38-23(44)15(28)5-8-20(41)42/h11-13,15-18,21H,3-10,28H2,1-2H3,(H2,29,40)(H2,30,43)(H,33,35)(H,36,45)(H,37,47)(H,38,44)(H,39,46)(H,41,42)(H4,31,32,34)/t15-,16-,17-,18-,21-/m0/s1. The molecule has 0 bridgehead atoms. The number of guanidine groups is 1. The summed E-state index contributed by atoms with van der Waals surface area (Å²) in [6.07, 6.45) is 1.61. The molecule has 1 rings (SSSR count). The highest BCUT2D eigenvalue weighted by Gasteiger charge is 2.32. The number of aliphatic carboxylic acids is 1. The average Bonchev–Trinajstić information content (AvgIpc) is 3.50. The fourth-order valence-corrected chi connectivity index (χ4v) is 4.21. The van der Waals surface area contributed by atoms with Crippen LogP contribution in [0.3, 0.4) is 0 Å². The van der Waals surface area contributed by atoms with Gasteiger partial charge in [0.2, 0.25) is 35.4 Å². The second-order valence-corrected chi connectivity index (χ2v) is 11.1. The first-order valence-electron chi connectivity index (χ1n) is 14.8. The van der Waals surface area contributed by atoms with Gasteiger partial charge in [-0.05, 0) is 31.6 Å². The van der Waals surface area contributed by atoms with Crippen molar-refractivity contribution in [2.24, 2.45) is 39.6 Å². The summed E-state index contributed by atoms with van der Waals surface area (Å²) in [5.41, 5.74) is 27.7. The Hall–Kier alpha value is -5.27. The molecule has 0 saturated carbocycles. The van der Waals surface area contributed by atoms with Crippen LogP contribution in [0.2, 0.25) is 0 Å². The molecule has 16 N–H and O–H groups in total. The van der Waals surface area contributed by atoms with Crippen LogP contribution >= 0.6 is 0 Å². The number of nitrogens with zero attached hydrogens (tertiary/aromatic N) is 2. The number of nitrogens with one attached hydrogen (secondary N) is 5. The number of amides is 6. The Morgan fingerprint density at radius 1 is 0.830 bits per heavy atom. The van der Waals surface area contributed by atoms with Crippen molar-refractivity contribution in [3.63, 3.8) is 0 Å². The van der Waals surface area contributed by atoms with Crippen LogP contribution in [0.25, 0.3) is 0 Å². The topological polar surface area (TPSA) is 359 Å². The Bertz CT molecular complexity index is 1270. The van der Waals surface area contributed by atoms with E-state index in [1.165, 1.54) is 12.5 Å². The number of imidazole rings is 1. The lowest BCUT2D eigenvalue weighted by molar-refractivity contribution is -0.137. The van der Waals surface area contributed by atoms with Gasteiger partial charge >= 0.3 is 5.97 Å². The van der Waals surface area contributed by atoms with Crippen molar-refractivity contribution in [1.82, 2.24) is 31.2 Å². The van der Waals surface area contributed by atoms with Crippen LogP contribution in [-0.2, 0) is 40.0 Å². The predicted molar refractivity (Wildman–Crippen MR) is 167 cm³/mol. The molecule has 262 valence electrons. The molecule has 0 aromatic carbocycles. The number of aromatic nitrogens is 2. The summed E-state index contributed by atoms with van der Waals surface area (Å²) in [7, 11) is 0. The molecule has 1 aromatic rings. The van der Waals surface area contributed by atoms with Crippen molar-refractivity contribution >= 4 is 47.4 Å². The number of carboxylic acid groups (broad SMARTS) is 1. The molecule has 1 aromatic heterocycles. The highest BCUT2D eigenvalue weighted by Crippen LogP contribution is 2.08. The molecule has 0 aliphatic rings. The minimum absolute atomic E-state index is 0.00114. The summed E-state index contributed by atoms with van der Waals surface area (Å²) >= 11 is 0. The van der Waals surface area contributed by atoms with Crippen molar-refractivity contribution in [2.45, 2.75) is 89.0 Å². The fourth-order valence-electron chi connectivity index (χ4n) is 4.21. The summed E-state index contributed by atoms with van der Waals surface area (Å²) in [4.78, 5) is 97.9. The lowest BCUT2D eigenvalue weighted by Gasteiger charge is -2.27. The van der Waals surface area contributed by atoms with Crippen LogP contribution in [0.15, 0.2) is 17.5 Å². The number of nitrogens with two attached hydrogens (primary N) is 5. The lowest BCUT2D eigenvalue weighted by Crippen LogP contribution is -2.59. The van der Waals surface area contributed by atoms with Crippen LogP contribution in [0.4, 0.5) is 0 Å². The second kappa shape index (κ2) is 20.0. The van der Waals surface area contributed by atoms with Gasteiger partial charge in [-0.1, -0.05) is 13.8 Å². The molecule has 1 heterocycles. The maximum Gasteiger partial charge on any atom is 0.303 e. The van der Waals surface area contributed by atoms with E-state index in [-0.39, 0.29) is 63.4 Å². The molecular weight excluding hydrogens is 620 g/mol. The lowest BCUT2D eigenvalue weighted by atomic mass is 10.0. The summed E-state index contributed by atoms with van der Waals surface area (Å²) in [5.74, 6) is -6.63.